The highest BCUT2D eigenvalue weighted by atomic mass is 32.1. The largest absolute Gasteiger partial charge is 0.296 e. The second-order valence-corrected chi connectivity index (χ2v) is 7.62. The molecule has 0 spiro atoms. The fourth-order valence-electron chi connectivity index (χ4n) is 2.90. The summed E-state index contributed by atoms with van der Waals surface area (Å²) in [5.41, 5.74) is 0.397. The van der Waals surface area contributed by atoms with Crippen molar-refractivity contribution < 1.29 is 4.79 Å². The molecule has 2 rings (SSSR count). The van der Waals surface area contributed by atoms with Crippen LogP contribution in [0.3, 0.4) is 0 Å². The van der Waals surface area contributed by atoms with Crippen LogP contribution in [-0.2, 0) is 0 Å². The summed E-state index contributed by atoms with van der Waals surface area (Å²) in [6, 6.07) is 3.89. The fraction of sp³-hybridized carbons (Fsp3) is 0.688. The molecule has 0 radical (unpaired) electrons. The first-order valence-corrected chi connectivity index (χ1v) is 8.14. The Balaban J connectivity index is 1.88. The molecule has 1 aliphatic heterocycles. The van der Waals surface area contributed by atoms with E-state index in [4.69, 9.17) is 0 Å². The molecular weight excluding hydrogens is 254 g/mol. The topological polar surface area (TPSA) is 20.3 Å². The molecule has 1 saturated heterocycles. The molecular formula is C16H25NOS. The van der Waals surface area contributed by atoms with E-state index in [1.54, 1.807) is 11.3 Å². The van der Waals surface area contributed by atoms with Crippen molar-refractivity contribution in [3.05, 3.63) is 22.4 Å². The minimum absolute atomic E-state index is 0.282. The lowest BCUT2D eigenvalue weighted by atomic mass is 9.77. The predicted molar refractivity (Wildman–Crippen MR) is 81.9 cm³/mol. The Kier molecular flexibility index (Phi) is 4.80. The summed E-state index contributed by atoms with van der Waals surface area (Å²) in [4.78, 5) is 15.4. The maximum atomic E-state index is 12.1. The van der Waals surface area contributed by atoms with E-state index in [1.807, 2.05) is 17.5 Å². The maximum absolute atomic E-state index is 12.1. The van der Waals surface area contributed by atoms with Crippen LogP contribution >= 0.6 is 11.3 Å². The van der Waals surface area contributed by atoms with Crippen LogP contribution in [0.25, 0.3) is 0 Å². The summed E-state index contributed by atoms with van der Waals surface area (Å²) < 4.78 is 0. The van der Waals surface area contributed by atoms with Crippen molar-refractivity contribution in [2.75, 3.05) is 19.6 Å². The van der Waals surface area contributed by atoms with E-state index in [2.05, 4.69) is 25.7 Å². The summed E-state index contributed by atoms with van der Waals surface area (Å²) in [5, 5.41) is 1.98. The summed E-state index contributed by atoms with van der Waals surface area (Å²) in [5.74, 6) is 1.07. The number of thiophene rings is 1. The standard InChI is InChI=1S/C16H25NOS/c1-16(2,3)13-6-4-9-17(10-8-13)12-14(18)15-7-5-11-19-15/h5,7,11,13H,4,6,8-10,12H2,1-3H3. The first-order chi connectivity index (χ1) is 8.97. The van der Waals surface area contributed by atoms with Gasteiger partial charge >= 0.3 is 0 Å². The second kappa shape index (κ2) is 6.19. The van der Waals surface area contributed by atoms with Gasteiger partial charge in [-0.05, 0) is 55.1 Å². The van der Waals surface area contributed by atoms with Crippen LogP contribution < -0.4 is 0 Å². The van der Waals surface area contributed by atoms with Gasteiger partial charge in [-0.2, -0.15) is 0 Å². The van der Waals surface area contributed by atoms with E-state index >= 15 is 0 Å². The Morgan fingerprint density at radius 1 is 1.37 bits per heavy atom. The third kappa shape index (κ3) is 4.15. The molecule has 0 N–H and O–H groups in total. The number of nitrogens with zero attached hydrogens (tertiary/aromatic N) is 1. The smallest absolute Gasteiger partial charge is 0.186 e. The number of hydrogen-bond acceptors (Lipinski definition) is 3. The first-order valence-electron chi connectivity index (χ1n) is 7.26. The lowest BCUT2D eigenvalue weighted by molar-refractivity contribution is 0.0934. The van der Waals surface area contributed by atoms with Gasteiger partial charge in [-0.15, -0.1) is 11.3 Å². The van der Waals surface area contributed by atoms with Crippen LogP contribution in [0.15, 0.2) is 17.5 Å². The monoisotopic (exact) mass is 279 g/mol. The molecule has 0 amide bonds. The predicted octanol–water partition coefficient (Wildman–Crippen LogP) is 4.08. The van der Waals surface area contributed by atoms with E-state index < -0.39 is 0 Å². The third-order valence-corrected chi connectivity index (χ3v) is 5.12. The molecule has 0 aliphatic carbocycles. The number of carbonyl (C=O) groups is 1. The number of rotatable bonds is 3. The van der Waals surface area contributed by atoms with Crippen molar-refractivity contribution in [1.82, 2.24) is 4.90 Å². The molecule has 1 aliphatic rings. The van der Waals surface area contributed by atoms with Crippen LogP contribution in [0.2, 0.25) is 0 Å². The normalized spacial score (nSPS) is 22.2. The highest BCUT2D eigenvalue weighted by Crippen LogP contribution is 2.34. The fourth-order valence-corrected chi connectivity index (χ4v) is 3.56. The minimum atomic E-state index is 0.282. The van der Waals surface area contributed by atoms with E-state index in [0.717, 1.165) is 23.9 Å². The zero-order chi connectivity index (χ0) is 13.9. The van der Waals surface area contributed by atoms with Crippen LogP contribution in [0.5, 0.6) is 0 Å². The van der Waals surface area contributed by atoms with Crippen molar-refractivity contribution in [3.63, 3.8) is 0 Å². The van der Waals surface area contributed by atoms with Crippen molar-refractivity contribution in [1.29, 1.82) is 0 Å². The van der Waals surface area contributed by atoms with Gasteiger partial charge in [0.1, 0.15) is 0 Å². The zero-order valence-corrected chi connectivity index (χ0v) is 13.1. The molecule has 1 aromatic heterocycles. The quantitative estimate of drug-likeness (QED) is 0.777. The molecule has 2 heterocycles. The van der Waals surface area contributed by atoms with Gasteiger partial charge in [0.25, 0.3) is 0 Å². The molecule has 1 atom stereocenters. The number of carbonyl (C=O) groups excluding carboxylic acids is 1. The highest BCUT2D eigenvalue weighted by Gasteiger charge is 2.27. The summed E-state index contributed by atoms with van der Waals surface area (Å²) >= 11 is 1.55. The Bertz CT molecular complexity index is 405. The molecule has 1 fully saturated rings. The Labute approximate surface area is 120 Å². The number of hydrogen-bond donors (Lipinski definition) is 0. The molecule has 2 nitrogen and oxygen atoms in total. The van der Waals surface area contributed by atoms with E-state index in [-0.39, 0.29) is 5.78 Å². The van der Waals surface area contributed by atoms with Crippen molar-refractivity contribution in [2.24, 2.45) is 11.3 Å². The van der Waals surface area contributed by atoms with Gasteiger partial charge in [-0.25, -0.2) is 0 Å². The second-order valence-electron chi connectivity index (χ2n) is 6.67. The lowest BCUT2D eigenvalue weighted by Crippen LogP contribution is -2.31. The summed E-state index contributed by atoms with van der Waals surface area (Å²) in [6.45, 7) is 9.75. The first kappa shape index (κ1) is 14.7. The molecule has 0 saturated carbocycles. The van der Waals surface area contributed by atoms with Crippen LogP contribution in [0.4, 0.5) is 0 Å². The maximum Gasteiger partial charge on any atom is 0.186 e. The van der Waals surface area contributed by atoms with E-state index in [0.29, 0.717) is 12.0 Å². The van der Waals surface area contributed by atoms with E-state index in [9.17, 15) is 4.79 Å². The SMILES string of the molecule is CC(C)(C)C1CCCN(CC(=O)c2cccs2)CC1. The molecule has 3 heteroatoms. The Morgan fingerprint density at radius 2 is 2.16 bits per heavy atom. The summed E-state index contributed by atoms with van der Waals surface area (Å²) in [6.07, 6.45) is 3.74. The van der Waals surface area contributed by atoms with Gasteiger partial charge < -0.3 is 0 Å². The minimum Gasteiger partial charge on any atom is -0.296 e. The highest BCUT2D eigenvalue weighted by molar-refractivity contribution is 7.12. The molecule has 19 heavy (non-hydrogen) atoms. The lowest BCUT2D eigenvalue weighted by Gasteiger charge is -2.29. The average Bonchev–Trinajstić information content (AvgIpc) is 2.75. The van der Waals surface area contributed by atoms with Crippen LogP contribution in [0.1, 0.15) is 49.7 Å². The average molecular weight is 279 g/mol. The third-order valence-electron chi connectivity index (χ3n) is 4.21. The van der Waals surface area contributed by atoms with Crippen molar-refractivity contribution in [2.45, 2.75) is 40.0 Å². The van der Waals surface area contributed by atoms with Gasteiger partial charge in [-0.1, -0.05) is 26.8 Å². The van der Waals surface area contributed by atoms with Gasteiger partial charge in [0.2, 0.25) is 0 Å². The van der Waals surface area contributed by atoms with Gasteiger partial charge in [0.15, 0.2) is 5.78 Å². The molecule has 1 unspecified atom stereocenters. The van der Waals surface area contributed by atoms with Gasteiger partial charge in [0.05, 0.1) is 11.4 Å². The van der Waals surface area contributed by atoms with Crippen molar-refractivity contribution in [3.8, 4) is 0 Å². The van der Waals surface area contributed by atoms with Crippen LogP contribution in [-0.4, -0.2) is 30.3 Å². The molecule has 106 valence electrons. The van der Waals surface area contributed by atoms with Crippen LogP contribution in [0, 0.1) is 11.3 Å². The Morgan fingerprint density at radius 3 is 2.79 bits per heavy atom. The van der Waals surface area contributed by atoms with Crippen molar-refractivity contribution >= 4 is 17.1 Å². The number of Topliss-reactive ketones (excluding diaryl/α,β-unsaturated/α-hetero) is 1. The molecule has 0 bridgehead atoms. The van der Waals surface area contributed by atoms with E-state index in [1.165, 1.54) is 19.3 Å². The zero-order valence-electron chi connectivity index (χ0n) is 12.3. The summed E-state index contributed by atoms with van der Waals surface area (Å²) in [7, 11) is 0. The van der Waals surface area contributed by atoms with Gasteiger partial charge in [-0.3, -0.25) is 9.69 Å². The molecule has 0 aromatic carbocycles. The van der Waals surface area contributed by atoms with Gasteiger partial charge in [0, 0.05) is 0 Å². The Hall–Kier alpha value is -0.670. The molecule has 1 aromatic rings. The number of ketones is 1. The number of likely N-dealkylation sites (tertiary alicyclic amines) is 1.